The Morgan fingerprint density at radius 2 is 1.89 bits per heavy atom. The van der Waals surface area contributed by atoms with Gasteiger partial charge in [-0.1, -0.05) is 23.8 Å². The van der Waals surface area contributed by atoms with Crippen molar-refractivity contribution in [3.63, 3.8) is 0 Å². The van der Waals surface area contributed by atoms with Gasteiger partial charge in [0.25, 0.3) is 0 Å². The predicted octanol–water partition coefficient (Wildman–Crippen LogP) is 4.47. The van der Waals surface area contributed by atoms with E-state index in [1.807, 2.05) is 47.4 Å². The van der Waals surface area contributed by atoms with E-state index in [0.717, 1.165) is 62.7 Å². The van der Waals surface area contributed by atoms with Crippen molar-refractivity contribution in [3.8, 4) is 17.2 Å². The van der Waals surface area contributed by atoms with E-state index >= 15 is 0 Å². The molecule has 0 saturated carbocycles. The van der Waals surface area contributed by atoms with Crippen LogP contribution < -0.4 is 14.2 Å². The molecular weight excluding hydrogens is 442 g/mol. The molecule has 0 radical (unpaired) electrons. The van der Waals surface area contributed by atoms with Gasteiger partial charge in [0.05, 0.1) is 25.6 Å². The first-order chi connectivity index (χ1) is 17.0. The Kier molecular flexibility index (Phi) is 8.66. The number of nitrogens with zero attached hydrogens (tertiary/aromatic N) is 3. The summed E-state index contributed by atoms with van der Waals surface area (Å²) in [7, 11) is 1.68. The van der Waals surface area contributed by atoms with E-state index < -0.39 is 5.60 Å². The van der Waals surface area contributed by atoms with Gasteiger partial charge in [-0.25, -0.2) is 4.98 Å². The monoisotopic (exact) mass is 479 g/mol. The largest absolute Gasteiger partial charge is 0.493 e. The molecule has 1 aliphatic rings. The van der Waals surface area contributed by atoms with Crippen LogP contribution in [0.3, 0.4) is 0 Å². The van der Waals surface area contributed by atoms with Crippen LogP contribution in [0, 0.1) is 6.92 Å². The van der Waals surface area contributed by atoms with Crippen molar-refractivity contribution in [1.29, 1.82) is 0 Å². The standard InChI is InChI=1S/C28H37N3O4/c1-23-5-8-25(9-6-23)35-21-28(32)11-3-14-30(16-12-28)20-24-7-10-26(27(19-24)33-2)34-18-4-15-31-17-13-29-22-31/h5-10,13,17,19,22,32H,3-4,11-12,14-16,18,20-21H2,1-2H3. The third kappa shape index (κ3) is 7.47. The molecule has 0 bridgehead atoms. The molecule has 1 saturated heterocycles. The normalized spacial score (nSPS) is 18.7. The second-order valence-electron chi connectivity index (χ2n) is 9.44. The maximum Gasteiger partial charge on any atom is 0.161 e. The first-order valence-electron chi connectivity index (χ1n) is 12.4. The summed E-state index contributed by atoms with van der Waals surface area (Å²) in [6.07, 6.45) is 8.81. The number of aromatic nitrogens is 2. The molecule has 2 aromatic carbocycles. The maximum absolute atomic E-state index is 11.1. The highest BCUT2D eigenvalue weighted by Gasteiger charge is 2.31. The fourth-order valence-electron chi connectivity index (χ4n) is 4.43. The Bertz CT molecular complexity index is 1040. The Labute approximate surface area is 208 Å². The molecule has 4 rings (SSSR count). The lowest BCUT2D eigenvalue weighted by Crippen LogP contribution is -2.37. The molecule has 1 aromatic heterocycles. The number of methoxy groups -OCH3 is 1. The first-order valence-corrected chi connectivity index (χ1v) is 12.4. The molecule has 1 N–H and O–H groups in total. The van der Waals surface area contributed by atoms with Crippen molar-refractivity contribution in [2.75, 3.05) is 33.4 Å². The van der Waals surface area contributed by atoms with Gasteiger partial charge in [-0.2, -0.15) is 0 Å². The van der Waals surface area contributed by atoms with Gasteiger partial charge in [-0.05, 0) is 69.0 Å². The lowest BCUT2D eigenvalue weighted by molar-refractivity contribution is -0.0168. The number of imidazole rings is 1. The van der Waals surface area contributed by atoms with Crippen LogP contribution in [0.1, 0.15) is 36.8 Å². The van der Waals surface area contributed by atoms with Crippen molar-refractivity contribution < 1.29 is 19.3 Å². The highest BCUT2D eigenvalue weighted by Crippen LogP contribution is 2.30. The van der Waals surface area contributed by atoms with E-state index in [-0.39, 0.29) is 0 Å². The minimum absolute atomic E-state index is 0.324. The van der Waals surface area contributed by atoms with Crippen LogP contribution in [-0.2, 0) is 13.1 Å². The average Bonchev–Trinajstić information content (AvgIpc) is 3.32. The van der Waals surface area contributed by atoms with Gasteiger partial charge in [0.2, 0.25) is 0 Å². The van der Waals surface area contributed by atoms with Gasteiger partial charge in [0.1, 0.15) is 12.4 Å². The molecule has 1 unspecified atom stereocenters. The summed E-state index contributed by atoms with van der Waals surface area (Å²) < 4.78 is 19.5. The van der Waals surface area contributed by atoms with E-state index in [4.69, 9.17) is 14.2 Å². The van der Waals surface area contributed by atoms with E-state index in [2.05, 4.69) is 28.9 Å². The highest BCUT2D eigenvalue weighted by molar-refractivity contribution is 5.43. The third-order valence-electron chi connectivity index (χ3n) is 6.55. The van der Waals surface area contributed by atoms with Crippen LogP contribution in [0.2, 0.25) is 0 Å². The van der Waals surface area contributed by atoms with Gasteiger partial charge in [0, 0.05) is 32.0 Å². The van der Waals surface area contributed by atoms with Gasteiger partial charge in [-0.15, -0.1) is 0 Å². The molecule has 0 amide bonds. The van der Waals surface area contributed by atoms with E-state index in [9.17, 15) is 5.11 Å². The summed E-state index contributed by atoms with van der Waals surface area (Å²) >= 11 is 0. The summed E-state index contributed by atoms with van der Waals surface area (Å²) in [5.41, 5.74) is 1.57. The van der Waals surface area contributed by atoms with Crippen molar-refractivity contribution in [1.82, 2.24) is 14.5 Å². The minimum Gasteiger partial charge on any atom is -0.493 e. The fraction of sp³-hybridized carbons (Fsp3) is 0.464. The Morgan fingerprint density at radius 3 is 2.66 bits per heavy atom. The summed E-state index contributed by atoms with van der Waals surface area (Å²) in [5.74, 6) is 2.32. The molecular formula is C28H37N3O4. The third-order valence-corrected chi connectivity index (χ3v) is 6.55. The molecule has 2 heterocycles. The summed E-state index contributed by atoms with van der Waals surface area (Å²) in [6.45, 7) is 6.44. The number of aryl methyl sites for hydroxylation is 2. The number of aliphatic hydroxyl groups is 1. The Morgan fingerprint density at radius 1 is 1.03 bits per heavy atom. The van der Waals surface area contributed by atoms with Gasteiger partial charge < -0.3 is 23.9 Å². The summed E-state index contributed by atoms with van der Waals surface area (Å²) in [5, 5.41) is 11.1. The van der Waals surface area contributed by atoms with E-state index in [0.29, 0.717) is 19.6 Å². The van der Waals surface area contributed by atoms with Crippen molar-refractivity contribution in [3.05, 3.63) is 72.3 Å². The molecule has 7 nitrogen and oxygen atoms in total. The van der Waals surface area contributed by atoms with Crippen LogP contribution in [-0.4, -0.2) is 58.6 Å². The van der Waals surface area contributed by atoms with Crippen LogP contribution >= 0.6 is 0 Å². The quantitative estimate of drug-likeness (QED) is 0.410. The molecule has 0 spiro atoms. The number of benzene rings is 2. The number of likely N-dealkylation sites (tertiary alicyclic amines) is 1. The minimum atomic E-state index is -0.800. The fourth-order valence-corrected chi connectivity index (χ4v) is 4.43. The average molecular weight is 480 g/mol. The van der Waals surface area contributed by atoms with Crippen molar-refractivity contribution in [2.45, 2.75) is 51.3 Å². The van der Waals surface area contributed by atoms with E-state index in [1.54, 1.807) is 13.3 Å². The second kappa shape index (κ2) is 12.1. The molecule has 7 heteroatoms. The maximum atomic E-state index is 11.1. The van der Waals surface area contributed by atoms with Gasteiger partial charge in [-0.3, -0.25) is 4.90 Å². The van der Waals surface area contributed by atoms with Crippen LogP contribution in [0.25, 0.3) is 0 Å². The molecule has 1 atom stereocenters. The predicted molar refractivity (Wildman–Crippen MR) is 136 cm³/mol. The zero-order valence-electron chi connectivity index (χ0n) is 20.9. The summed E-state index contributed by atoms with van der Waals surface area (Å²) in [6, 6.07) is 14.1. The molecule has 188 valence electrons. The number of rotatable bonds is 11. The molecule has 35 heavy (non-hydrogen) atoms. The molecule has 1 fully saturated rings. The van der Waals surface area contributed by atoms with Gasteiger partial charge in [0.15, 0.2) is 11.5 Å². The van der Waals surface area contributed by atoms with E-state index in [1.165, 1.54) is 11.1 Å². The van der Waals surface area contributed by atoms with Crippen molar-refractivity contribution in [2.24, 2.45) is 0 Å². The Hall–Kier alpha value is -3.03. The highest BCUT2D eigenvalue weighted by atomic mass is 16.5. The second-order valence-corrected chi connectivity index (χ2v) is 9.44. The lowest BCUT2D eigenvalue weighted by atomic mass is 9.96. The van der Waals surface area contributed by atoms with Crippen LogP contribution in [0.5, 0.6) is 17.2 Å². The SMILES string of the molecule is COc1cc(CN2CCCC(O)(COc3ccc(C)cc3)CC2)ccc1OCCCn1ccnc1. The number of hydrogen-bond acceptors (Lipinski definition) is 6. The molecule has 0 aliphatic carbocycles. The molecule has 1 aliphatic heterocycles. The smallest absolute Gasteiger partial charge is 0.161 e. The first kappa shape index (κ1) is 25.1. The lowest BCUT2D eigenvalue weighted by Gasteiger charge is -2.27. The zero-order valence-corrected chi connectivity index (χ0v) is 20.9. The topological polar surface area (TPSA) is 69.0 Å². The Balaban J connectivity index is 1.26. The number of ether oxygens (including phenoxy) is 3. The number of hydrogen-bond donors (Lipinski definition) is 1. The van der Waals surface area contributed by atoms with Crippen LogP contribution in [0.4, 0.5) is 0 Å². The van der Waals surface area contributed by atoms with Crippen LogP contribution in [0.15, 0.2) is 61.2 Å². The van der Waals surface area contributed by atoms with Crippen molar-refractivity contribution >= 4 is 0 Å². The summed E-state index contributed by atoms with van der Waals surface area (Å²) in [4.78, 5) is 6.45. The zero-order chi connectivity index (χ0) is 24.5. The molecule has 3 aromatic rings. The van der Waals surface area contributed by atoms with Gasteiger partial charge >= 0.3 is 0 Å².